The first-order valence-electron chi connectivity index (χ1n) is 5.77. The summed E-state index contributed by atoms with van der Waals surface area (Å²) in [7, 11) is 0. The molecule has 0 saturated heterocycles. The second-order valence-corrected chi connectivity index (χ2v) is 4.28. The normalized spacial score (nSPS) is 10.8. The van der Waals surface area contributed by atoms with E-state index >= 15 is 0 Å². The quantitative estimate of drug-likeness (QED) is 0.660. The van der Waals surface area contributed by atoms with Crippen molar-refractivity contribution in [2.75, 3.05) is 0 Å². The van der Waals surface area contributed by atoms with Gasteiger partial charge in [0.15, 0.2) is 5.76 Å². The van der Waals surface area contributed by atoms with Crippen LogP contribution in [0.1, 0.15) is 21.7 Å². The maximum Gasteiger partial charge on any atom is 0.235 e. The van der Waals surface area contributed by atoms with Crippen molar-refractivity contribution < 1.29 is 13.6 Å². The van der Waals surface area contributed by atoms with Crippen molar-refractivity contribution in [3.63, 3.8) is 0 Å². The lowest BCUT2D eigenvalue weighted by Crippen LogP contribution is -2.15. The third-order valence-electron chi connectivity index (χ3n) is 2.92. The Morgan fingerprint density at radius 1 is 1.16 bits per heavy atom. The molecular formula is C15H10O4. The Morgan fingerprint density at radius 2 is 2.00 bits per heavy atom. The van der Waals surface area contributed by atoms with Crippen LogP contribution in [0.25, 0.3) is 11.0 Å². The van der Waals surface area contributed by atoms with Crippen LogP contribution < -0.4 is 5.43 Å². The molecule has 0 aliphatic carbocycles. The van der Waals surface area contributed by atoms with Gasteiger partial charge in [-0.05, 0) is 36.8 Å². The molecular weight excluding hydrogens is 244 g/mol. The average Bonchev–Trinajstić information content (AvgIpc) is 2.92. The van der Waals surface area contributed by atoms with Crippen LogP contribution in [-0.2, 0) is 0 Å². The number of furan rings is 1. The van der Waals surface area contributed by atoms with Crippen LogP contribution in [0.5, 0.6) is 0 Å². The fraction of sp³-hybridized carbons (Fsp3) is 0.0667. The van der Waals surface area contributed by atoms with E-state index in [2.05, 4.69) is 0 Å². The smallest absolute Gasteiger partial charge is 0.235 e. The van der Waals surface area contributed by atoms with Gasteiger partial charge in [0.2, 0.25) is 11.2 Å². The minimum atomic E-state index is -0.471. The molecule has 94 valence electrons. The van der Waals surface area contributed by atoms with Gasteiger partial charge in [-0.2, -0.15) is 0 Å². The van der Waals surface area contributed by atoms with E-state index < -0.39 is 5.78 Å². The summed E-state index contributed by atoms with van der Waals surface area (Å²) in [5.74, 6) is -0.347. The van der Waals surface area contributed by atoms with Gasteiger partial charge in [-0.3, -0.25) is 9.59 Å². The molecule has 0 radical (unpaired) electrons. The highest BCUT2D eigenvalue weighted by Crippen LogP contribution is 2.15. The summed E-state index contributed by atoms with van der Waals surface area (Å²) < 4.78 is 10.4. The van der Waals surface area contributed by atoms with Gasteiger partial charge in [-0.1, -0.05) is 6.07 Å². The summed E-state index contributed by atoms with van der Waals surface area (Å²) in [6.45, 7) is 1.90. The maximum absolute atomic E-state index is 12.3. The van der Waals surface area contributed by atoms with Gasteiger partial charge in [0.1, 0.15) is 17.4 Å². The van der Waals surface area contributed by atoms with Gasteiger partial charge in [0.05, 0.1) is 11.6 Å². The number of rotatable bonds is 2. The molecule has 3 aromatic rings. The lowest BCUT2D eigenvalue weighted by Gasteiger charge is -2.01. The van der Waals surface area contributed by atoms with E-state index in [0.29, 0.717) is 11.0 Å². The SMILES string of the molecule is Cc1ccc2c(=O)c(C(=O)c3ccco3)coc2c1. The predicted molar refractivity (Wildman–Crippen MR) is 69.4 cm³/mol. The molecule has 0 unspecified atom stereocenters. The summed E-state index contributed by atoms with van der Waals surface area (Å²) in [5, 5.41) is 0.392. The molecule has 0 bridgehead atoms. The van der Waals surface area contributed by atoms with Crippen molar-refractivity contribution in [1.29, 1.82) is 0 Å². The Kier molecular flexibility index (Phi) is 2.56. The lowest BCUT2D eigenvalue weighted by atomic mass is 10.1. The van der Waals surface area contributed by atoms with Gasteiger partial charge in [0.25, 0.3) is 0 Å². The van der Waals surface area contributed by atoms with E-state index in [1.807, 2.05) is 6.92 Å². The summed E-state index contributed by atoms with van der Waals surface area (Å²) in [4.78, 5) is 24.3. The third-order valence-corrected chi connectivity index (χ3v) is 2.92. The molecule has 19 heavy (non-hydrogen) atoms. The molecule has 4 heteroatoms. The average molecular weight is 254 g/mol. The number of benzene rings is 1. The number of ketones is 1. The highest BCUT2D eigenvalue weighted by Gasteiger charge is 2.18. The number of carbonyl (C=O) groups is 1. The highest BCUT2D eigenvalue weighted by atomic mass is 16.3. The number of carbonyl (C=O) groups excluding carboxylic acids is 1. The molecule has 0 spiro atoms. The van der Waals surface area contributed by atoms with Gasteiger partial charge in [0, 0.05) is 0 Å². The summed E-state index contributed by atoms with van der Waals surface area (Å²) in [6.07, 6.45) is 2.58. The van der Waals surface area contributed by atoms with Crippen LogP contribution >= 0.6 is 0 Å². The molecule has 1 aromatic carbocycles. The number of aryl methyl sites for hydroxylation is 1. The minimum Gasteiger partial charge on any atom is -0.463 e. The van der Waals surface area contributed by atoms with Crippen LogP contribution in [0.2, 0.25) is 0 Å². The van der Waals surface area contributed by atoms with E-state index in [-0.39, 0.29) is 16.8 Å². The van der Waals surface area contributed by atoms with Crippen LogP contribution in [-0.4, -0.2) is 5.78 Å². The molecule has 0 fully saturated rings. The van der Waals surface area contributed by atoms with Crippen LogP contribution in [0.4, 0.5) is 0 Å². The van der Waals surface area contributed by atoms with Crippen molar-refractivity contribution >= 4 is 16.8 Å². The van der Waals surface area contributed by atoms with Crippen molar-refractivity contribution in [2.24, 2.45) is 0 Å². The van der Waals surface area contributed by atoms with Crippen molar-refractivity contribution in [3.8, 4) is 0 Å². The van der Waals surface area contributed by atoms with E-state index in [1.54, 1.807) is 24.3 Å². The topological polar surface area (TPSA) is 60.4 Å². The monoisotopic (exact) mass is 254 g/mol. The van der Waals surface area contributed by atoms with Crippen molar-refractivity contribution in [3.05, 3.63) is 70.0 Å². The molecule has 2 heterocycles. The van der Waals surface area contributed by atoms with Gasteiger partial charge >= 0.3 is 0 Å². The molecule has 2 aromatic heterocycles. The lowest BCUT2D eigenvalue weighted by molar-refractivity contribution is 0.101. The first-order valence-corrected chi connectivity index (χ1v) is 5.77. The molecule has 0 saturated carbocycles. The molecule has 0 amide bonds. The standard InChI is InChI=1S/C15H10O4/c1-9-4-5-10-13(7-9)19-8-11(14(10)16)15(17)12-3-2-6-18-12/h2-8H,1H3. The number of fused-ring (bicyclic) bond motifs is 1. The Morgan fingerprint density at radius 3 is 2.74 bits per heavy atom. The molecule has 0 aliphatic rings. The highest BCUT2D eigenvalue weighted by molar-refractivity contribution is 6.08. The first kappa shape index (κ1) is 11.5. The van der Waals surface area contributed by atoms with Crippen LogP contribution in [0, 0.1) is 6.92 Å². The zero-order valence-electron chi connectivity index (χ0n) is 10.2. The largest absolute Gasteiger partial charge is 0.463 e. The van der Waals surface area contributed by atoms with Crippen molar-refractivity contribution in [2.45, 2.75) is 6.92 Å². The Hall–Kier alpha value is -2.62. The molecule has 0 N–H and O–H groups in total. The zero-order chi connectivity index (χ0) is 13.4. The number of hydrogen-bond donors (Lipinski definition) is 0. The Bertz CT molecular complexity index is 810. The van der Waals surface area contributed by atoms with Crippen LogP contribution in [0.15, 0.2) is 56.5 Å². The molecule has 0 aliphatic heterocycles. The van der Waals surface area contributed by atoms with E-state index in [0.717, 1.165) is 5.56 Å². The molecule has 4 nitrogen and oxygen atoms in total. The summed E-state index contributed by atoms with van der Waals surface area (Å²) >= 11 is 0. The van der Waals surface area contributed by atoms with Gasteiger partial charge in [-0.15, -0.1) is 0 Å². The second kappa shape index (κ2) is 4.24. The fourth-order valence-corrected chi connectivity index (χ4v) is 1.93. The molecule has 0 atom stereocenters. The van der Waals surface area contributed by atoms with E-state index in [9.17, 15) is 9.59 Å². The van der Waals surface area contributed by atoms with Crippen molar-refractivity contribution in [1.82, 2.24) is 0 Å². The summed E-state index contributed by atoms with van der Waals surface area (Å²) in [6, 6.07) is 8.34. The predicted octanol–water partition coefficient (Wildman–Crippen LogP) is 2.93. The minimum absolute atomic E-state index is 0.0219. The van der Waals surface area contributed by atoms with Gasteiger partial charge in [-0.25, -0.2) is 0 Å². The molecule has 3 rings (SSSR count). The van der Waals surface area contributed by atoms with Crippen LogP contribution in [0.3, 0.4) is 0 Å². The Balaban J connectivity index is 2.21. The zero-order valence-corrected chi connectivity index (χ0v) is 10.2. The Labute approximate surface area is 108 Å². The fourth-order valence-electron chi connectivity index (χ4n) is 1.93. The second-order valence-electron chi connectivity index (χ2n) is 4.28. The first-order chi connectivity index (χ1) is 9.16. The summed E-state index contributed by atoms with van der Waals surface area (Å²) in [5.41, 5.74) is 1.09. The van der Waals surface area contributed by atoms with Gasteiger partial charge < -0.3 is 8.83 Å². The third kappa shape index (κ3) is 1.87. The number of hydrogen-bond acceptors (Lipinski definition) is 4. The van der Waals surface area contributed by atoms with E-state index in [1.165, 1.54) is 18.6 Å². The maximum atomic E-state index is 12.3. The van der Waals surface area contributed by atoms with E-state index in [4.69, 9.17) is 8.83 Å².